The number of alkyl halides is 1. The van der Waals surface area contributed by atoms with E-state index in [9.17, 15) is 9.90 Å². The van der Waals surface area contributed by atoms with Crippen LogP contribution in [0.3, 0.4) is 0 Å². The van der Waals surface area contributed by atoms with Crippen LogP contribution in [0.5, 0.6) is 0 Å². The number of carbonyl (C=O) groups is 1. The standard InChI is InChI=1S/C21H31ClO3/c1-13(23)25-18-7-6-16-15-5-4-14-12-21(22,24)11-10-19(14,2)17(15)8-9-20(16,18)3/h4,15-18,24H,5-12H2,1-3H3/t15-,16-,17-,18-,19-,20-,21-/m0/s1. The van der Waals surface area contributed by atoms with Gasteiger partial charge in [-0.1, -0.05) is 37.1 Å². The highest BCUT2D eigenvalue weighted by Gasteiger charge is 2.60. The van der Waals surface area contributed by atoms with Crippen LogP contribution in [-0.4, -0.2) is 22.2 Å². The zero-order valence-corrected chi connectivity index (χ0v) is 16.4. The molecule has 0 radical (unpaired) electrons. The summed E-state index contributed by atoms with van der Waals surface area (Å²) in [5.41, 5.74) is 1.71. The molecule has 0 heterocycles. The van der Waals surface area contributed by atoms with Gasteiger partial charge >= 0.3 is 5.97 Å². The molecule has 3 saturated carbocycles. The predicted molar refractivity (Wildman–Crippen MR) is 98.1 cm³/mol. The van der Waals surface area contributed by atoms with E-state index in [1.54, 1.807) is 0 Å². The molecule has 0 bridgehead atoms. The highest BCUT2D eigenvalue weighted by molar-refractivity contribution is 6.22. The summed E-state index contributed by atoms with van der Waals surface area (Å²) < 4.78 is 5.72. The number of esters is 1. The van der Waals surface area contributed by atoms with Gasteiger partial charge in [-0.25, -0.2) is 0 Å². The first-order valence-electron chi connectivity index (χ1n) is 9.94. The van der Waals surface area contributed by atoms with Crippen LogP contribution in [0.25, 0.3) is 0 Å². The van der Waals surface area contributed by atoms with Crippen LogP contribution in [0.15, 0.2) is 11.6 Å². The summed E-state index contributed by atoms with van der Waals surface area (Å²) in [6.45, 7) is 6.30. The Bertz CT molecular complexity index is 612. The van der Waals surface area contributed by atoms with Crippen molar-refractivity contribution in [3.8, 4) is 0 Å². The van der Waals surface area contributed by atoms with E-state index in [2.05, 4.69) is 19.9 Å². The van der Waals surface area contributed by atoms with Crippen molar-refractivity contribution in [3.05, 3.63) is 11.6 Å². The Morgan fingerprint density at radius 3 is 2.68 bits per heavy atom. The average molecular weight is 367 g/mol. The van der Waals surface area contributed by atoms with Crippen LogP contribution in [0.4, 0.5) is 0 Å². The molecule has 0 aromatic rings. The van der Waals surface area contributed by atoms with Crippen molar-refractivity contribution in [2.45, 2.75) is 83.3 Å². The second kappa shape index (κ2) is 5.73. The zero-order valence-electron chi connectivity index (χ0n) is 15.7. The molecule has 25 heavy (non-hydrogen) atoms. The smallest absolute Gasteiger partial charge is 0.302 e. The lowest BCUT2D eigenvalue weighted by molar-refractivity contribution is -0.156. The molecule has 0 spiro atoms. The maximum atomic E-state index is 11.5. The molecular weight excluding hydrogens is 336 g/mol. The third-order valence-corrected chi connectivity index (χ3v) is 8.66. The number of rotatable bonds is 1. The Labute approximate surface area is 156 Å². The molecule has 0 aromatic carbocycles. The summed E-state index contributed by atoms with van der Waals surface area (Å²) in [6, 6.07) is 0. The summed E-state index contributed by atoms with van der Waals surface area (Å²) >= 11 is 6.27. The van der Waals surface area contributed by atoms with Crippen LogP contribution in [0.1, 0.15) is 72.1 Å². The van der Waals surface area contributed by atoms with Gasteiger partial charge in [-0.3, -0.25) is 4.79 Å². The van der Waals surface area contributed by atoms with Gasteiger partial charge in [0.25, 0.3) is 0 Å². The highest BCUT2D eigenvalue weighted by atomic mass is 35.5. The summed E-state index contributed by atoms with van der Waals surface area (Å²) in [5.74, 6) is 1.85. The lowest BCUT2D eigenvalue weighted by Crippen LogP contribution is -2.52. The van der Waals surface area contributed by atoms with Gasteiger partial charge in [0.15, 0.2) is 0 Å². The second-order valence-electron chi connectivity index (χ2n) is 9.57. The number of aliphatic hydroxyl groups is 1. The molecule has 4 aliphatic rings. The number of carbonyl (C=O) groups excluding carboxylic acids is 1. The van der Waals surface area contributed by atoms with E-state index in [4.69, 9.17) is 16.3 Å². The summed E-state index contributed by atoms with van der Waals surface area (Å²) in [7, 11) is 0. The fourth-order valence-corrected chi connectivity index (χ4v) is 7.19. The van der Waals surface area contributed by atoms with Crippen molar-refractivity contribution in [3.63, 3.8) is 0 Å². The minimum Gasteiger partial charge on any atom is -0.462 e. The molecule has 140 valence electrons. The van der Waals surface area contributed by atoms with Crippen molar-refractivity contribution in [2.24, 2.45) is 28.6 Å². The SMILES string of the molecule is CC(=O)O[C@H]1CC[C@H]2[C@@H]3CC=C4C[C@](O)(Cl)CC[C@]4(C)[C@H]3CC[C@]12C. The van der Waals surface area contributed by atoms with Gasteiger partial charge in [-0.15, -0.1) is 0 Å². The van der Waals surface area contributed by atoms with Crippen LogP contribution in [-0.2, 0) is 9.53 Å². The predicted octanol–water partition coefficient (Wildman–Crippen LogP) is 4.81. The molecule has 3 fully saturated rings. The van der Waals surface area contributed by atoms with Gasteiger partial charge in [-0.05, 0) is 68.1 Å². The first-order chi connectivity index (χ1) is 11.7. The minimum absolute atomic E-state index is 0.0911. The van der Waals surface area contributed by atoms with Crippen molar-refractivity contribution in [1.29, 1.82) is 0 Å². The molecule has 0 unspecified atom stereocenters. The fraction of sp³-hybridized carbons (Fsp3) is 0.857. The van der Waals surface area contributed by atoms with Crippen molar-refractivity contribution >= 4 is 17.6 Å². The topological polar surface area (TPSA) is 46.5 Å². The van der Waals surface area contributed by atoms with Gasteiger partial charge in [0.1, 0.15) is 11.2 Å². The largest absolute Gasteiger partial charge is 0.462 e. The Morgan fingerprint density at radius 1 is 1.20 bits per heavy atom. The van der Waals surface area contributed by atoms with Gasteiger partial charge in [0.05, 0.1) is 0 Å². The molecule has 3 nitrogen and oxygen atoms in total. The number of ether oxygens (including phenoxy) is 1. The average Bonchev–Trinajstić information content (AvgIpc) is 2.84. The zero-order chi connectivity index (χ0) is 18.0. The minimum atomic E-state index is -1.05. The monoisotopic (exact) mass is 366 g/mol. The van der Waals surface area contributed by atoms with Gasteiger partial charge < -0.3 is 9.84 Å². The van der Waals surface area contributed by atoms with Gasteiger partial charge in [0, 0.05) is 18.8 Å². The van der Waals surface area contributed by atoms with E-state index >= 15 is 0 Å². The molecule has 4 aliphatic carbocycles. The molecule has 0 aliphatic heterocycles. The molecule has 0 saturated heterocycles. The van der Waals surface area contributed by atoms with Crippen LogP contribution >= 0.6 is 11.6 Å². The molecule has 0 amide bonds. The Kier molecular flexibility index (Phi) is 4.09. The molecule has 4 heteroatoms. The first-order valence-corrected chi connectivity index (χ1v) is 10.3. The van der Waals surface area contributed by atoms with Gasteiger partial charge in [-0.2, -0.15) is 0 Å². The van der Waals surface area contributed by atoms with Crippen LogP contribution in [0, 0.1) is 28.6 Å². The van der Waals surface area contributed by atoms with Crippen LogP contribution in [0.2, 0.25) is 0 Å². The van der Waals surface area contributed by atoms with E-state index in [1.807, 2.05) is 0 Å². The third-order valence-electron chi connectivity index (χ3n) is 8.34. The summed E-state index contributed by atoms with van der Waals surface area (Å²) in [6.07, 6.45) is 10.4. The molecular formula is C21H31ClO3. The number of allylic oxidation sites excluding steroid dienone is 1. The number of fused-ring (bicyclic) bond motifs is 5. The molecule has 1 N–H and O–H groups in total. The second-order valence-corrected chi connectivity index (χ2v) is 10.3. The van der Waals surface area contributed by atoms with E-state index < -0.39 is 5.06 Å². The quantitative estimate of drug-likeness (QED) is 0.411. The lowest BCUT2D eigenvalue weighted by atomic mass is 9.48. The number of hydrogen-bond donors (Lipinski definition) is 1. The normalized spacial score (nSPS) is 51.8. The van der Waals surface area contributed by atoms with E-state index in [-0.39, 0.29) is 22.9 Å². The molecule has 4 rings (SSSR count). The lowest BCUT2D eigenvalue weighted by Gasteiger charge is -2.58. The Balaban J connectivity index is 1.62. The third kappa shape index (κ3) is 2.68. The maximum absolute atomic E-state index is 11.5. The number of halogens is 1. The molecule has 0 aromatic heterocycles. The first kappa shape index (κ1) is 17.9. The van der Waals surface area contributed by atoms with Gasteiger partial charge in [0.2, 0.25) is 0 Å². The van der Waals surface area contributed by atoms with Crippen LogP contribution < -0.4 is 0 Å². The van der Waals surface area contributed by atoms with E-state index in [1.165, 1.54) is 25.3 Å². The fourth-order valence-electron chi connectivity index (χ4n) is 6.95. The van der Waals surface area contributed by atoms with Crippen molar-refractivity contribution in [2.75, 3.05) is 0 Å². The summed E-state index contributed by atoms with van der Waals surface area (Å²) in [4.78, 5) is 11.5. The maximum Gasteiger partial charge on any atom is 0.302 e. The van der Waals surface area contributed by atoms with E-state index in [0.717, 1.165) is 25.7 Å². The molecule has 7 atom stereocenters. The van der Waals surface area contributed by atoms with E-state index in [0.29, 0.717) is 30.6 Å². The highest BCUT2D eigenvalue weighted by Crippen LogP contribution is 2.66. The summed E-state index contributed by atoms with van der Waals surface area (Å²) in [5, 5.41) is 9.26. The Hall–Kier alpha value is -0.540. The van der Waals surface area contributed by atoms with Crippen molar-refractivity contribution < 1.29 is 14.6 Å². The Morgan fingerprint density at radius 2 is 1.96 bits per heavy atom. The number of hydrogen-bond acceptors (Lipinski definition) is 3. The van der Waals surface area contributed by atoms with Crippen molar-refractivity contribution in [1.82, 2.24) is 0 Å².